The second-order valence-electron chi connectivity index (χ2n) is 6.64. The molecule has 0 unspecified atom stereocenters. The van der Waals surface area contributed by atoms with Crippen LogP contribution < -0.4 is 0 Å². The molecular formula is C20H22ClNO4S2. The molecule has 0 atom stereocenters. The van der Waals surface area contributed by atoms with Gasteiger partial charge in [0, 0.05) is 21.4 Å². The van der Waals surface area contributed by atoms with E-state index in [-0.39, 0.29) is 0 Å². The third-order valence-electron chi connectivity index (χ3n) is 4.62. The highest BCUT2D eigenvalue weighted by molar-refractivity contribution is 7.99. The molecule has 5 nitrogen and oxygen atoms in total. The van der Waals surface area contributed by atoms with E-state index in [4.69, 9.17) is 29.1 Å². The van der Waals surface area contributed by atoms with E-state index in [1.165, 1.54) is 52.4 Å². The standard InChI is InChI=1S/C20H20ClNS.H2O4S/c21-15-9-10-20-18(14-15)16(7-5-13-22-11-3-4-12-22)17-6-1-2-8-19(17)23-20;1-5(2,3)4/h1-2,6-10,14H,3-5,11-13H2;(H2,1,2,3,4)/b16-7-;. The zero-order valence-electron chi connectivity index (χ0n) is 15.2. The summed E-state index contributed by atoms with van der Waals surface area (Å²) in [5, 5.41) is 0.814. The van der Waals surface area contributed by atoms with Gasteiger partial charge in [-0.3, -0.25) is 9.11 Å². The lowest BCUT2D eigenvalue weighted by molar-refractivity contribution is 0.346. The summed E-state index contributed by atoms with van der Waals surface area (Å²) in [5.41, 5.74) is 3.97. The van der Waals surface area contributed by atoms with E-state index in [9.17, 15) is 0 Å². The van der Waals surface area contributed by atoms with Crippen molar-refractivity contribution >= 4 is 39.3 Å². The maximum atomic E-state index is 8.74. The summed E-state index contributed by atoms with van der Waals surface area (Å²) in [6.07, 6.45) is 6.22. The van der Waals surface area contributed by atoms with Gasteiger partial charge in [0.25, 0.3) is 0 Å². The molecule has 2 N–H and O–H groups in total. The first kappa shape index (κ1) is 21.4. The van der Waals surface area contributed by atoms with Gasteiger partial charge < -0.3 is 4.90 Å². The molecule has 1 saturated heterocycles. The van der Waals surface area contributed by atoms with Gasteiger partial charge in [0.2, 0.25) is 0 Å². The topological polar surface area (TPSA) is 77.8 Å². The van der Waals surface area contributed by atoms with Crippen LogP contribution in [0.15, 0.2) is 58.3 Å². The van der Waals surface area contributed by atoms with Crippen LogP contribution in [0.1, 0.15) is 30.4 Å². The first-order valence-corrected chi connectivity index (χ1v) is 11.6. The van der Waals surface area contributed by atoms with Crippen LogP contribution in [-0.4, -0.2) is 42.1 Å². The largest absolute Gasteiger partial charge is 0.394 e. The lowest BCUT2D eigenvalue weighted by Crippen LogP contribution is -2.19. The van der Waals surface area contributed by atoms with Crippen LogP contribution in [0.4, 0.5) is 0 Å². The minimum Gasteiger partial charge on any atom is -0.303 e. The van der Waals surface area contributed by atoms with Crippen LogP contribution in [0.3, 0.4) is 0 Å². The lowest BCUT2D eigenvalue weighted by Gasteiger charge is -2.22. The van der Waals surface area contributed by atoms with Gasteiger partial charge >= 0.3 is 10.4 Å². The molecule has 2 aliphatic heterocycles. The summed E-state index contributed by atoms with van der Waals surface area (Å²) in [6.45, 7) is 3.69. The lowest BCUT2D eigenvalue weighted by atomic mass is 9.96. The number of rotatable bonds is 3. The SMILES string of the molecule is Clc1ccc2c(c1)/C(=C\CCN1CCCC1)c1ccccc1S2.O=S(=O)(O)O. The normalized spacial score (nSPS) is 17.6. The van der Waals surface area contributed by atoms with Gasteiger partial charge in [0.05, 0.1) is 0 Å². The number of benzene rings is 2. The van der Waals surface area contributed by atoms with E-state index in [2.05, 4.69) is 47.4 Å². The third kappa shape index (κ3) is 6.07. The molecule has 4 rings (SSSR count). The minimum absolute atomic E-state index is 0.814. The molecule has 150 valence electrons. The Morgan fingerprint density at radius 2 is 1.68 bits per heavy atom. The summed E-state index contributed by atoms with van der Waals surface area (Å²) >= 11 is 8.11. The number of fused-ring (bicyclic) bond motifs is 2. The van der Waals surface area contributed by atoms with Gasteiger partial charge in [0.15, 0.2) is 0 Å². The van der Waals surface area contributed by atoms with Crippen molar-refractivity contribution in [3.05, 3.63) is 64.7 Å². The van der Waals surface area contributed by atoms with Crippen LogP contribution in [0.5, 0.6) is 0 Å². The van der Waals surface area contributed by atoms with Gasteiger partial charge in [-0.25, -0.2) is 0 Å². The Balaban J connectivity index is 0.000000403. The number of hydrogen-bond acceptors (Lipinski definition) is 4. The van der Waals surface area contributed by atoms with E-state index < -0.39 is 10.4 Å². The second-order valence-corrected chi connectivity index (χ2v) is 9.06. The summed E-state index contributed by atoms with van der Waals surface area (Å²) < 4.78 is 31.6. The number of likely N-dealkylation sites (tertiary alicyclic amines) is 1. The number of halogens is 1. The van der Waals surface area contributed by atoms with Crippen molar-refractivity contribution < 1.29 is 17.5 Å². The summed E-state index contributed by atoms with van der Waals surface area (Å²) in [4.78, 5) is 5.22. The molecule has 28 heavy (non-hydrogen) atoms. The van der Waals surface area contributed by atoms with Gasteiger partial charge in [0.1, 0.15) is 0 Å². The number of hydrogen-bond donors (Lipinski definition) is 2. The Morgan fingerprint density at radius 3 is 2.39 bits per heavy atom. The molecule has 0 aromatic heterocycles. The van der Waals surface area contributed by atoms with Gasteiger partial charge in [-0.1, -0.05) is 47.6 Å². The van der Waals surface area contributed by atoms with E-state index in [1.807, 2.05) is 17.8 Å². The smallest absolute Gasteiger partial charge is 0.303 e. The fourth-order valence-corrected chi connectivity index (χ4v) is 4.72. The van der Waals surface area contributed by atoms with Crippen molar-refractivity contribution in [2.75, 3.05) is 19.6 Å². The zero-order chi connectivity index (χ0) is 20.1. The van der Waals surface area contributed by atoms with E-state index in [1.54, 1.807) is 0 Å². The number of nitrogens with zero attached hydrogens (tertiary/aromatic N) is 1. The summed E-state index contributed by atoms with van der Waals surface area (Å²) in [7, 11) is -4.67. The average Bonchev–Trinajstić information content (AvgIpc) is 3.13. The van der Waals surface area contributed by atoms with Crippen LogP contribution in [-0.2, 0) is 10.4 Å². The van der Waals surface area contributed by atoms with Crippen molar-refractivity contribution in [3.63, 3.8) is 0 Å². The zero-order valence-corrected chi connectivity index (χ0v) is 17.6. The van der Waals surface area contributed by atoms with E-state index in [0.29, 0.717) is 0 Å². The highest BCUT2D eigenvalue weighted by Crippen LogP contribution is 2.46. The van der Waals surface area contributed by atoms with E-state index >= 15 is 0 Å². The molecule has 0 amide bonds. The van der Waals surface area contributed by atoms with E-state index in [0.717, 1.165) is 18.0 Å². The average molecular weight is 440 g/mol. The minimum atomic E-state index is -4.67. The van der Waals surface area contributed by atoms with Gasteiger partial charge in [-0.05, 0) is 73.3 Å². The molecule has 0 aliphatic carbocycles. The molecule has 0 saturated carbocycles. The molecule has 2 heterocycles. The van der Waals surface area contributed by atoms with Crippen molar-refractivity contribution in [1.29, 1.82) is 0 Å². The predicted molar refractivity (Wildman–Crippen MR) is 114 cm³/mol. The van der Waals surface area contributed by atoms with Crippen LogP contribution in [0.25, 0.3) is 5.57 Å². The van der Waals surface area contributed by atoms with Crippen molar-refractivity contribution in [3.8, 4) is 0 Å². The first-order valence-electron chi connectivity index (χ1n) is 9.01. The quantitative estimate of drug-likeness (QED) is 0.555. The van der Waals surface area contributed by atoms with Crippen molar-refractivity contribution in [2.24, 2.45) is 0 Å². The molecule has 2 aliphatic rings. The fourth-order valence-electron chi connectivity index (χ4n) is 3.46. The molecule has 2 aromatic rings. The molecule has 0 bridgehead atoms. The maximum absolute atomic E-state index is 8.74. The van der Waals surface area contributed by atoms with Crippen molar-refractivity contribution in [1.82, 2.24) is 4.90 Å². The predicted octanol–water partition coefficient (Wildman–Crippen LogP) is 5.07. The Hall–Kier alpha value is -1.35. The Morgan fingerprint density at radius 1 is 1.04 bits per heavy atom. The highest BCUT2D eigenvalue weighted by Gasteiger charge is 2.20. The third-order valence-corrected chi connectivity index (χ3v) is 6.01. The molecule has 0 radical (unpaired) electrons. The highest BCUT2D eigenvalue weighted by atomic mass is 35.5. The van der Waals surface area contributed by atoms with Crippen LogP contribution in [0, 0.1) is 0 Å². The Kier molecular flexibility index (Phi) is 7.20. The van der Waals surface area contributed by atoms with Crippen molar-refractivity contribution in [2.45, 2.75) is 29.1 Å². The molecule has 1 fully saturated rings. The molecule has 0 spiro atoms. The van der Waals surface area contributed by atoms with Crippen LogP contribution in [0.2, 0.25) is 5.02 Å². The van der Waals surface area contributed by atoms with Gasteiger partial charge in [-0.2, -0.15) is 8.42 Å². The summed E-state index contributed by atoms with van der Waals surface area (Å²) in [6, 6.07) is 14.9. The fraction of sp³-hybridized carbons (Fsp3) is 0.300. The molecule has 8 heteroatoms. The first-order chi connectivity index (χ1) is 13.3. The van der Waals surface area contributed by atoms with Crippen LogP contribution >= 0.6 is 23.4 Å². The second kappa shape index (κ2) is 9.43. The van der Waals surface area contributed by atoms with Gasteiger partial charge in [-0.15, -0.1) is 0 Å². The monoisotopic (exact) mass is 439 g/mol. The Labute approximate surface area is 175 Å². The molecule has 2 aromatic carbocycles. The molecular weight excluding hydrogens is 418 g/mol. The maximum Gasteiger partial charge on any atom is 0.394 e. The Bertz CT molecular complexity index is 962. The summed E-state index contributed by atoms with van der Waals surface area (Å²) in [5.74, 6) is 0.